The first-order valence-corrected chi connectivity index (χ1v) is 7.04. The van der Waals surface area contributed by atoms with Crippen LogP contribution in [0.15, 0.2) is 28.8 Å². The van der Waals surface area contributed by atoms with Crippen LogP contribution in [-0.4, -0.2) is 23.4 Å². The van der Waals surface area contributed by atoms with Crippen LogP contribution in [0.2, 0.25) is 5.02 Å². The van der Waals surface area contributed by atoms with Crippen LogP contribution in [0.4, 0.5) is 0 Å². The van der Waals surface area contributed by atoms with E-state index in [9.17, 15) is 0 Å². The lowest BCUT2D eigenvalue weighted by molar-refractivity contribution is 0.0827. The van der Waals surface area contributed by atoms with Crippen LogP contribution in [0.5, 0.6) is 0 Å². The van der Waals surface area contributed by atoms with E-state index in [4.69, 9.17) is 20.9 Å². The molecule has 1 aromatic carbocycles. The third-order valence-electron chi connectivity index (χ3n) is 3.42. The number of halogens is 1. The average molecular weight is 292 g/mol. The minimum Gasteiger partial charge on any atom is -0.380 e. The molecule has 0 spiro atoms. The zero-order valence-corrected chi connectivity index (χ0v) is 12.1. The topological polar surface area (TPSA) is 48.2 Å². The van der Waals surface area contributed by atoms with Crippen LogP contribution in [0.25, 0.3) is 0 Å². The number of rotatable bonds is 3. The van der Waals surface area contributed by atoms with Gasteiger partial charge in [-0.3, -0.25) is 0 Å². The van der Waals surface area contributed by atoms with Gasteiger partial charge in [-0.05, 0) is 37.5 Å². The molecule has 1 atom stereocenters. The van der Waals surface area contributed by atoms with Crippen molar-refractivity contribution in [3.63, 3.8) is 0 Å². The van der Waals surface area contributed by atoms with Crippen LogP contribution in [0, 0.1) is 12.8 Å². The number of aromatic nitrogens is 2. The molecule has 3 rings (SSSR count). The Morgan fingerprint density at radius 2 is 2.10 bits per heavy atom. The van der Waals surface area contributed by atoms with Crippen molar-refractivity contribution in [2.45, 2.75) is 25.7 Å². The summed E-state index contributed by atoms with van der Waals surface area (Å²) in [7, 11) is 0. The van der Waals surface area contributed by atoms with Gasteiger partial charge in [-0.1, -0.05) is 28.9 Å². The van der Waals surface area contributed by atoms with Crippen LogP contribution >= 0.6 is 11.6 Å². The second-order valence-electron chi connectivity index (χ2n) is 5.15. The maximum Gasteiger partial charge on any atom is 0.232 e. The van der Waals surface area contributed by atoms with E-state index in [1.807, 2.05) is 19.1 Å². The Balaban J connectivity index is 1.64. The third kappa shape index (κ3) is 3.19. The summed E-state index contributed by atoms with van der Waals surface area (Å²) in [5.41, 5.74) is 1.25. The van der Waals surface area contributed by atoms with Crippen molar-refractivity contribution in [3.05, 3.63) is 52.5 Å². The molecule has 0 saturated carbocycles. The Hall–Kier alpha value is -1.39. The Morgan fingerprint density at radius 3 is 2.80 bits per heavy atom. The van der Waals surface area contributed by atoms with Gasteiger partial charge in [-0.2, -0.15) is 4.98 Å². The predicted octanol–water partition coefficient (Wildman–Crippen LogP) is 3.35. The lowest BCUT2D eigenvalue weighted by atomic mass is 9.88. The van der Waals surface area contributed by atoms with Gasteiger partial charge in [0.05, 0.1) is 19.1 Å². The highest BCUT2D eigenvalue weighted by atomic mass is 35.5. The van der Waals surface area contributed by atoms with Crippen molar-refractivity contribution in [3.8, 4) is 0 Å². The Kier molecular flexibility index (Phi) is 4.03. The molecule has 5 heteroatoms. The Labute approximate surface area is 123 Å². The van der Waals surface area contributed by atoms with E-state index < -0.39 is 0 Å². The van der Waals surface area contributed by atoms with Crippen LogP contribution in [-0.2, 0) is 11.2 Å². The molecule has 4 nitrogen and oxygen atoms in total. The van der Waals surface area contributed by atoms with E-state index in [0.717, 1.165) is 17.9 Å². The molecule has 0 aliphatic carbocycles. The molecule has 1 radical (unpaired) electrons. The van der Waals surface area contributed by atoms with E-state index in [1.165, 1.54) is 11.5 Å². The quantitative estimate of drug-likeness (QED) is 0.870. The molecule has 0 bridgehead atoms. The van der Waals surface area contributed by atoms with Crippen LogP contribution < -0.4 is 0 Å². The smallest absolute Gasteiger partial charge is 0.232 e. The van der Waals surface area contributed by atoms with Gasteiger partial charge in [0.15, 0.2) is 5.82 Å². The fraction of sp³-hybridized carbons (Fsp3) is 0.400. The molecule has 1 fully saturated rings. The zero-order valence-electron chi connectivity index (χ0n) is 11.3. The molecule has 1 aliphatic heterocycles. The minimum absolute atomic E-state index is 0.173. The zero-order chi connectivity index (χ0) is 13.9. The molecule has 1 aromatic heterocycles. The molecule has 2 aromatic rings. The van der Waals surface area contributed by atoms with Gasteiger partial charge in [0, 0.05) is 10.9 Å². The summed E-state index contributed by atoms with van der Waals surface area (Å²) < 4.78 is 10.9. The predicted molar refractivity (Wildman–Crippen MR) is 75.6 cm³/mol. The number of nitrogens with zero attached hydrogens (tertiary/aromatic N) is 2. The van der Waals surface area contributed by atoms with Gasteiger partial charge in [0.25, 0.3) is 0 Å². The summed E-state index contributed by atoms with van der Waals surface area (Å²) in [6, 6.07) is 7.94. The van der Waals surface area contributed by atoms with Crippen molar-refractivity contribution in [1.82, 2.24) is 10.1 Å². The number of aryl methyl sites for hydroxylation is 1. The number of ether oxygens (including phenoxy) is 1. The molecule has 2 heterocycles. The molecule has 1 aliphatic rings. The standard InChI is InChI=1S/C15H16ClN2O2/c1-10-17-15(20-18-10)13-7-12(8-19-9-13)6-11-2-4-14(16)5-3-11/h2-5,13H,6-9H2,1H3. The van der Waals surface area contributed by atoms with E-state index >= 15 is 0 Å². The van der Waals surface area contributed by atoms with Crippen molar-refractivity contribution in [2.24, 2.45) is 0 Å². The lowest BCUT2D eigenvalue weighted by Gasteiger charge is -2.26. The van der Waals surface area contributed by atoms with Gasteiger partial charge in [-0.15, -0.1) is 0 Å². The van der Waals surface area contributed by atoms with Crippen molar-refractivity contribution in [2.75, 3.05) is 13.2 Å². The number of benzene rings is 1. The molecule has 0 amide bonds. The van der Waals surface area contributed by atoms with Crippen LogP contribution in [0.3, 0.4) is 0 Å². The number of hydrogen-bond donors (Lipinski definition) is 0. The maximum atomic E-state index is 5.90. The molecular weight excluding hydrogens is 276 g/mol. The molecule has 1 saturated heterocycles. The summed E-state index contributed by atoms with van der Waals surface area (Å²) >= 11 is 5.90. The highest BCUT2D eigenvalue weighted by Crippen LogP contribution is 2.31. The largest absolute Gasteiger partial charge is 0.380 e. The normalized spacial score (nSPS) is 20.2. The van der Waals surface area contributed by atoms with Gasteiger partial charge < -0.3 is 9.26 Å². The molecule has 20 heavy (non-hydrogen) atoms. The molecule has 105 valence electrons. The van der Waals surface area contributed by atoms with E-state index in [0.29, 0.717) is 24.9 Å². The van der Waals surface area contributed by atoms with Crippen molar-refractivity contribution in [1.29, 1.82) is 0 Å². The highest BCUT2D eigenvalue weighted by Gasteiger charge is 2.28. The minimum atomic E-state index is 0.173. The Bertz CT molecular complexity index is 568. The fourth-order valence-electron chi connectivity index (χ4n) is 2.46. The van der Waals surface area contributed by atoms with E-state index in [2.05, 4.69) is 22.3 Å². The molecule has 1 unspecified atom stereocenters. The van der Waals surface area contributed by atoms with Gasteiger partial charge >= 0.3 is 0 Å². The summed E-state index contributed by atoms with van der Waals surface area (Å²) in [5, 5.41) is 4.61. The summed E-state index contributed by atoms with van der Waals surface area (Å²) in [5.74, 6) is 2.87. The number of hydrogen-bond acceptors (Lipinski definition) is 4. The second kappa shape index (κ2) is 5.94. The first-order chi connectivity index (χ1) is 9.70. The highest BCUT2D eigenvalue weighted by molar-refractivity contribution is 6.30. The fourth-order valence-corrected chi connectivity index (χ4v) is 2.59. The first kappa shape index (κ1) is 13.6. The van der Waals surface area contributed by atoms with Crippen molar-refractivity contribution < 1.29 is 9.26 Å². The second-order valence-corrected chi connectivity index (χ2v) is 5.59. The molecular formula is C15H16ClN2O2. The SMILES string of the molecule is Cc1noc(C2COC[C](Cc3ccc(Cl)cc3)C2)n1. The summed E-state index contributed by atoms with van der Waals surface area (Å²) in [4.78, 5) is 4.30. The lowest BCUT2D eigenvalue weighted by Crippen LogP contribution is -2.24. The monoisotopic (exact) mass is 291 g/mol. The average Bonchev–Trinajstić information content (AvgIpc) is 2.89. The van der Waals surface area contributed by atoms with Crippen molar-refractivity contribution >= 4 is 11.6 Å². The van der Waals surface area contributed by atoms with E-state index in [-0.39, 0.29) is 5.92 Å². The maximum absolute atomic E-state index is 5.90. The molecule has 0 N–H and O–H groups in total. The van der Waals surface area contributed by atoms with Gasteiger partial charge in [-0.25, -0.2) is 0 Å². The summed E-state index contributed by atoms with van der Waals surface area (Å²) in [6.45, 7) is 3.17. The van der Waals surface area contributed by atoms with Gasteiger partial charge in [0.2, 0.25) is 5.89 Å². The Morgan fingerprint density at radius 1 is 1.30 bits per heavy atom. The van der Waals surface area contributed by atoms with Crippen LogP contribution in [0.1, 0.15) is 29.6 Å². The van der Waals surface area contributed by atoms with Gasteiger partial charge in [0.1, 0.15) is 0 Å². The van der Waals surface area contributed by atoms with E-state index in [1.54, 1.807) is 0 Å². The third-order valence-corrected chi connectivity index (χ3v) is 3.67. The first-order valence-electron chi connectivity index (χ1n) is 6.66. The summed E-state index contributed by atoms with van der Waals surface area (Å²) in [6.07, 6.45) is 1.84.